The van der Waals surface area contributed by atoms with Crippen molar-refractivity contribution in [3.05, 3.63) is 24.0 Å². The van der Waals surface area contributed by atoms with Crippen molar-refractivity contribution in [2.45, 2.75) is 39.8 Å². The minimum Gasteiger partial charge on any atom is -0.381 e. The highest BCUT2D eigenvalue weighted by Gasteiger charge is 2.15. The van der Waals surface area contributed by atoms with Crippen molar-refractivity contribution in [1.29, 1.82) is 0 Å². The van der Waals surface area contributed by atoms with E-state index >= 15 is 0 Å². The van der Waals surface area contributed by atoms with Crippen LogP contribution in [0.2, 0.25) is 0 Å². The van der Waals surface area contributed by atoms with Crippen molar-refractivity contribution < 1.29 is 12.8 Å². The third-order valence-electron chi connectivity index (χ3n) is 3.46. The summed E-state index contributed by atoms with van der Waals surface area (Å²) in [6, 6.07) is 4.82. The van der Waals surface area contributed by atoms with E-state index in [0.717, 1.165) is 0 Å². The maximum Gasteiger partial charge on any atom is 0.152 e. The zero-order chi connectivity index (χ0) is 16.2. The Hall–Kier alpha value is -1.30. The quantitative estimate of drug-likeness (QED) is 0.840. The molecule has 0 amide bonds. The number of anilines is 2. The van der Waals surface area contributed by atoms with Crippen LogP contribution in [0, 0.1) is 5.82 Å². The second-order valence-electron chi connectivity index (χ2n) is 5.62. The van der Waals surface area contributed by atoms with Gasteiger partial charge in [0.15, 0.2) is 9.84 Å². The van der Waals surface area contributed by atoms with Crippen LogP contribution >= 0.6 is 0 Å². The first-order valence-electron chi connectivity index (χ1n) is 7.15. The second kappa shape index (κ2) is 7.11. The largest absolute Gasteiger partial charge is 0.381 e. The van der Waals surface area contributed by atoms with Crippen molar-refractivity contribution in [3.63, 3.8) is 0 Å². The van der Waals surface area contributed by atoms with Crippen molar-refractivity contribution in [2.75, 3.05) is 28.8 Å². The molecule has 1 rings (SSSR count). The molecule has 6 heteroatoms. The fourth-order valence-electron chi connectivity index (χ4n) is 1.99. The van der Waals surface area contributed by atoms with Gasteiger partial charge in [0.05, 0.1) is 11.4 Å². The molecule has 120 valence electrons. The average molecular weight is 316 g/mol. The van der Waals surface area contributed by atoms with Gasteiger partial charge in [-0.1, -0.05) is 6.92 Å². The smallest absolute Gasteiger partial charge is 0.152 e. The normalized spacial score (nSPS) is 13.3. The Morgan fingerprint density at radius 2 is 1.90 bits per heavy atom. The first-order chi connectivity index (χ1) is 9.66. The lowest BCUT2D eigenvalue weighted by Gasteiger charge is -2.25. The van der Waals surface area contributed by atoms with Gasteiger partial charge in [0.25, 0.3) is 0 Å². The summed E-state index contributed by atoms with van der Waals surface area (Å²) < 4.78 is 37.2. The van der Waals surface area contributed by atoms with E-state index in [9.17, 15) is 12.8 Å². The van der Waals surface area contributed by atoms with Gasteiger partial charge in [-0.05, 0) is 39.0 Å². The molecule has 1 aromatic carbocycles. The molecular weight excluding hydrogens is 291 g/mol. The summed E-state index contributed by atoms with van der Waals surface area (Å²) in [6.45, 7) is 7.38. The van der Waals surface area contributed by atoms with Crippen LogP contribution in [-0.4, -0.2) is 39.1 Å². The van der Waals surface area contributed by atoms with Gasteiger partial charge in [-0.3, -0.25) is 0 Å². The molecule has 1 atom stereocenters. The summed E-state index contributed by atoms with van der Waals surface area (Å²) in [5, 5.41) is 3.03. The molecular formula is C15H25FN2O2S. The monoisotopic (exact) mass is 316 g/mol. The highest BCUT2D eigenvalue weighted by atomic mass is 32.2. The number of halogens is 1. The lowest BCUT2D eigenvalue weighted by Crippen LogP contribution is -2.28. The molecule has 0 saturated carbocycles. The first-order valence-corrected chi connectivity index (χ1v) is 8.97. The maximum atomic E-state index is 14.1. The van der Waals surface area contributed by atoms with Crippen LogP contribution in [0.15, 0.2) is 18.2 Å². The van der Waals surface area contributed by atoms with E-state index in [2.05, 4.69) is 5.32 Å². The fourth-order valence-corrected chi connectivity index (χ4v) is 3.07. The van der Waals surface area contributed by atoms with Crippen LogP contribution in [-0.2, 0) is 9.84 Å². The molecule has 1 N–H and O–H groups in total. The predicted molar refractivity (Wildman–Crippen MR) is 87.4 cm³/mol. The summed E-state index contributed by atoms with van der Waals surface area (Å²) in [6.07, 6.45) is 0. The van der Waals surface area contributed by atoms with Gasteiger partial charge in [0.1, 0.15) is 5.82 Å². The van der Waals surface area contributed by atoms with E-state index in [1.54, 1.807) is 26.0 Å². The number of hydrogen-bond acceptors (Lipinski definition) is 4. The first kappa shape index (κ1) is 17.8. The molecule has 0 aliphatic heterocycles. The van der Waals surface area contributed by atoms with Gasteiger partial charge in [0.2, 0.25) is 0 Å². The van der Waals surface area contributed by atoms with Crippen LogP contribution < -0.4 is 10.2 Å². The molecule has 4 nitrogen and oxygen atoms in total. The molecule has 1 aromatic rings. The van der Waals surface area contributed by atoms with E-state index in [4.69, 9.17) is 0 Å². The SMILES string of the molecule is CCS(=O)(=O)CC(C)Nc1ccc(N(C)C(C)C)c(F)c1. The molecule has 0 fully saturated rings. The zero-order valence-electron chi connectivity index (χ0n) is 13.4. The average Bonchev–Trinajstić information content (AvgIpc) is 2.37. The predicted octanol–water partition coefficient (Wildman–Crippen LogP) is 2.91. The topological polar surface area (TPSA) is 49.4 Å². The number of nitrogens with one attached hydrogen (secondary N) is 1. The maximum absolute atomic E-state index is 14.1. The Labute approximate surface area is 127 Å². The van der Waals surface area contributed by atoms with Gasteiger partial charge >= 0.3 is 0 Å². The van der Waals surface area contributed by atoms with E-state index < -0.39 is 9.84 Å². The number of sulfone groups is 1. The fraction of sp³-hybridized carbons (Fsp3) is 0.600. The van der Waals surface area contributed by atoms with Crippen molar-refractivity contribution in [3.8, 4) is 0 Å². The van der Waals surface area contributed by atoms with E-state index in [-0.39, 0.29) is 29.4 Å². The van der Waals surface area contributed by atoms with Crippen LogP contribution in [0.5, 0.6) is 0 Å². The lowest BCUT2D eigenvalue weighted by molar-refractivity contribution is 0.593. The van der Waals surface area contributed by atoms with Gasteiger partial charge in [0, 0.05) is 30.6 Å². The van der Waals surface area contributed by atoms with E-state index in [1.165, 1.54) is 6.07 Å². The van der Waals surface area contributed by atoms with Crippen molar-refractivity contribution in [1.82, 2.24) is 0 Å². The molecule has 0 spiro atoms. The molecule has 0 aromatic heterocycles. The molecule has 0 bridgehead atoms. The number of rotatable bonds is 7. The summed E-state index contributed by atoms with van der Waals surface area (Å²) in [5.41, 5.74) is 1.12. The molecule has 21 heavy (non-hydrogen) atoms. The van der Waals surface area contributed by atoms with Crippen LogP contribution in [0.3, 0.4) is 0 Å². The third kappa shape index (κ3) is 5.19. The zero-order valence-corrected chi connectivity index (χ0v) is 14.2. The van der Waals surface area contributed by atoms with E-state index in [1.807, 2.05) is 25.8 Å². The van der Waals surface area contributed by atoms with Gasteiger partial charge < -0.3 is 10.2 Å². The summed E-state index contributed by atoms with van der Waals surface area (Å²) in [5.74, 6) is -0.161. The Morgan fingerprint density at radius 3 is 2.38 bits per heavy atom. The molecule has 0 aliphatic carbocycles. The molecule has 0 aliphatic rings. The van der Waals surface area contributed by atoms with Crippen LogP contribution in [0.4, 0.5) is 15.8 Å². The summed E-state index contributed by atoms with van der Waals surface area (Å²) >= 11 is 0. The Kier molecular flexibility index (Phi) is 6.01. The molecule has 0 saturated heterocycles. The molecule has 1 unspecified atom stereocenters. The van der Waals surface area contributed by atoms with Crippen molar-refractivity contribution in [2.24, 2.45) is 0 Å². The highest BCUT2D eigenvalue weighted by Crippen LogP contribution is 2.23. The summed E-state index contributed by atoms with van der Waals surface area (Å²) in [4.78, 5) is 1.85. The summed E-state index contributed by atoms with van der Waals surface area (Å²) in [7, 11) is -1.21. The third-order valence-corrected chi connectivity index (χ3v) is 5.35. The Bertz CT molecular complexity index is 573. The van der Waals surface area contributed by atoms with Crippen molar-refractivity contribution >= 4 is 21.2 Å². The minimum atomic E-state index is -3.05. The van der Waals surface area contributed by atoms with Crippen LogP contribution in [0.1, 0.15) is 27.7 Å². The van der Waals surface area contributed by atoms with Gasteiger partial charge in [-0.2, -0.15) is 0 Å². The molecule has 0 heterocycles. The number of benzene rings is 1. The highest BCUT2D eigenvalue weighted by molar-refractivity contribution is 7.91. The standard InChI is InChI=1S/C15H25FN2O2S/c1-6-21(19,20)10-12(4)17-13-7-8-15(14(16)9-13)18(5)11(2)3/h7-9,11-12,17H,6,10H2,1-5H3. The minimum absolute atomic E-state index is 0.0404. The number of nitrogens with zero attached hydrogens (tertiary/aromatic N) is 1. The second-order valence-corrected chi connectivity index (χ2v) is 8.01. The Balaban J connectivity index is 2.81. The lowest BCUT2D eigenvalue weighted by atomic mass is 10.2. The number of hydrogen-bond donors (Lipinski definition) is 1. The molecule has 0 radical (unpaired) electrons. The van der Waals surface area contributed by atoms with Crippen LogP contribution in [0.25, 0.3) is 0 Å². The van der Waals surface area contributed by atoms with Gasteiger partial charge in [-0.15, -0.1) is 0 Å². The Morgan fingerprint density at radius 1 is 1.29 bits per heavy atom. The van der Waals surface area contributed by atoms with E-state index in [0.29, 0.717) is 11.4 Å². The van der Waals surface area contributed by atoms with Gasteiger partial charge in [-0.25, -0.2) is 12.8 Å².